The molecule has 1 heterocycles. The van der Waals surface area contributed by atoms with Gasteiger partial charge in [0.1, 0.15) is 0 Å². The number of carbonyl (C=O) groups is 1. The molecule has 0 aromatic carbocycles. The molecule has 2 N–H and O–H groups in total. The molecule has 16 heavy (non-hydrogen) atoms. The third-order valence-electron chi connectivity index (χ3n) is 4.50. The molecule has 1 amide bonds. The van der Waals surface area contributed by atoms with Crippen LogP contribution in [0.5, 0.6) is 0 Å². The van der Waals surface area contributed by atoms with Gasteiger partial charge in [-0.2, -0.15) is 0 Å². The van der Waals surface area contributed by atoms with Gasteiger partial charge in [-0.05, 0) is 30.6 Å². The minimum absolute atomic E-state index is 0.0592. The van der Waals surface area contributed by atoms with Crippen molar-refractivity contribution in [1.82, 2.24) is 4.90 Å². The predicted octanol–water partition coefficient (Wildman–Crippen LogP) is 1.76. The summed E-state index contributed by atoms with van der Waals surface area (Å²) in [5, 5.41) is 0. The molecule has 3 nitrogen and oxygen atoms in total. The molecule has 1 saturated carbocycles. The molecule has 2 aliphatic rings. The summed E-state index contributed by atoms with van der Waals surface area (Å²) in [7, 11) is 0. The van der Waals surface area contributed by atoms with Gasteiger partial charge < -0.3 is 10.6 Å². The van der Waals surface area contributed by atoms with Crippen molar-refractivity contribution in [2.45, 2.75) is 58.5 Å². The summed E-state index contributed by atoms with van der Waals surface area (Å²) in [5.74, 6) is 0.903. The summed E-state index contributed by atoms with van der Waals surface area (Å²) in [6.45, 7) is 7.55. The molecule has 0 radical (unpaired) electrons. The maximum Gasteiger partial charge on any atom is 0.224 e. The van der Waals surface area contributed by atoms with Gasteiger partial charge in [-0.3, -0.25) is 4.79 Å². The fourth-order valence-corrected chi connectivity index (χ4v) is 3.42. The first-order valence-corrected chi connectivity index (χ1v) is 6.58. The molecule has 1 aliphatic carbocycles. The standard InChI is InChI=1S/C13H24N2O/c1-4-7-15-11(16)8-10(14)12(15)13(5-6-13)9(2)3/h9-10,12H,4-8,14H2,1-3H3. The Morgan fingerprint density at radius 2 is 2.12 bits per heavy atom. The average molecular weight is 224 g/mol. The van der Waals surface area contributed by atoms with Gasteiger partial charge in [-0.1, -0.05) is 20.8 Å². The summed E-state index contributed by atoms with van der Waals surface area (Å²) in [6, 6.07) is 0.365. The Kier molecular flexibility index (Phi) is 2.99. The van der Waals surface area contributed by atoms with Gasteiger partial charge in [-0.25, -0.2) is 0 Å². The quantitative estimate of drug-likeness (QED) is 0.791. The van der Waals surface area contributed by atoms with E-state index in [1.807, 2.05) is 0 Å². The SMILES string of the molecule is CCCN1C(=O)CC(N)C1C1(C(C)C)CC1. The highest BCUT2D eigenvalue weighted by Gasteiger charge is 2.58. The zero-order chi connectivity index (χ0) is 11.9. The second kappa shape index (κ2) is 4.02. The van der Waals surface area contributed by atoms with Gasteiger partial charge >= 0.3 is 0 Å². The molecule has 1 saturated heterocycles. The molecule has 0 aromatic rings. The predicted molar refractivity (Wildman–Crippen MR) is 64.9 cm³/mol. The van der Waals surface area contributed by atoms with Crippen molar-refractivity contribution in [3.8, 4) is 0 Å². The van der Waals surface area contributed by atoms with E-state index in [1.54, 1.807) is 0 Å². The second-order valence-corrected chi connectivity index (χ2v) is 5.79. The molecule has 3 heteroatoms. The summed E-state index contributed by atoms with van der Waals surface area (Å²) < 4.78 is 0. The molecular weight excluding hydrogens is 200 g/mol. The van der Waals surface area contributed by atoms with Gasteiger partial charge in [0.2, 0.25) is 5.91 Å². The zero-order valence-corrected chi connectivity index (χ0v) is 10.7. The maximum atomic E-state index is 11.9. The number of likely N-dealkylation sites (tertiary alicyclic amines) is 1. The Morgan fingerprint density at radius 3 is 2.56 bits per heavy atom. The Bertz CT molecular complexity index is 284. The molecule has 92 valence electrons. The molecule has 0 bridgehead atoms. The number of amides is 1. The van der Waals surface area contributed by atoms with Crippen LogP contribution < -0.4 is 5.73 Å². The summed E-state index contributed by atoms with van der Waals surface area (Å²) >= 11 is 0. The van der Waals surface area contributed by atoms with Crippen LogP contribution in [0, 0.1) is 11.3 Å². The number of hydrogen-bond acceptors (Lipinski definition) is 2. The topological polar surface area (TPSA) is 46.3 Å². The first kappa shape index (κ1) is 11.9. The molecule has 1 aliphatic heterocycles. The monoisotopic (exact) mass is 224 g/mol. The van der Waals surface area contributed by atoms with Crippen molar-refractivity contribution in [2.24, 2.45) is 17.1 Å². The Labute approximate surface area is 98.4 Å². The van der Waals surface area contributed by atoms with Crippen molar-refractivity contribution >= 4 is 5.91 Å². The number of hydrogen-bond donors (Lipinski definition) is 1. The fraction of sp³-hybridized carbons (Fsp3) is 0.923. The molecule has 0 spiro atoms. The summed E-state index contributed by atoms with van der Waals surface area (Å²) in [5.41, 5.74) is 6.53. The number of carbonyl (C=O) groups excluding carboxylic acids is 1. The van der Waals surface area contributed by atoms with Crippen molar-refractivity contribution in [1.29, 1.82) is 0 Å². The summed E-state index contributed by atoms with van der Waals surface area (Å²) in [4.78, 5) is 14.0. The van der Waals surface area contributed by atoms with Gasteiger partial charge in [0.25, 0.3) is 0 Å². The van der Waals surface area contributed by atoms with Crippen LogP contribution in [0.2, 0.25) is 0 Å². The number of nitrogens with zero attached hydrogens (tertiary/aromatic N) is 1. The second-order valence-electron chi connectivity index (χ2n) is 5.79. The van der Waals surface area contributed by atoms with Crippen molar-refractivity contribution in [3.05, 3.63) is 0 Å². The lowest BCUT2D eigenvalue weighted by atomic mass is 9.81. The summed E-state index contributed by atoms with van der Waals surface area (Å²) in [6.07, 6.45) is 4.08. The smallest absolute Gasteiger partial charge is 0.224 e. The van der Waals surface area contributed by atoms with Crippen molar-refractivity contribution in [2.75, 3.05) is 6.54 Å². The average Bonchev–Trinajstić information content (AvgIpc) is 2.93. The van der Waals surface area contributed by atoms with Gasteiger partial charge in [0, 0.05) is 19.0 Å². The van der Waals surface area contributed by atoms with Crippen LogP contribution in [0.3, 0.4) is 0 Å². The van der Waals surface area contributed by atoms with E-state index >= 15 is 0 Å². The fourth-order valence-electron chi connectivity index (χ4n) is 3.42. The van der Waals surface area contributed by atoms with Crippen LogP contribution in [0.15, 0.2) is 0 Å². The first-order chi connectivity index (χ1) is 7.53. The largest absolute Gasteiger partial charge is 0.338 e. The number of nitrogens with two attached hydrogens (primary N) is 1. The normalized spacial score (nSPS) is 32.6. The highest BCUT2D eigenvalue weighted by molar-refractivity contribution is 5.80. The lowest BCUT2D eigenvalue weighted by Crippen LogP contribution is -2.48. The van der Waals surface area contributed by atoms with Crippen LogP contribution in [0.1, 0.15) is 46.5 Å². The van der Waals surface area contributed by atoms with Crippen molar-refractivity contribution in [3.63, 3.8) is 0 Å². The lowest BCUT2D eigenvalue weighted by molar-refractivity contribution is -0.130. The Balaban J connectivity index is 2.20. The van der Waals surface area contributed by atoms with E-state index in [1.165, 1.54) is 12.8 Å². The van der Waals surface area contributed by atoms with E-state index < -0.39 is 0 Å². The van der Waals surface area contributed by atoms with Crippen LogP contribution in [-0.2, 0) is 4.79 Å². The van der Waals surface area contributed by atoms with E-state index in [0.29, 0.717) is 23.8 Å². The van der Waals surface area contributed by atoms with Crippen LogP contribution in [0.25, 0.3) is 0 Å². The van der Waals surface area contributed by atoms with E-state index in [9.17, 15) is 4.79 Å². The van der Waals surface area contributed by atoms with Crippen LogP contribution in [0.4, 0.5) is 0 Å². The zero-order valence-electron chi connectivity index (χ0n) is 10.7. The van der Waals surface area contributed by atoms with E-state index in [2.05, 4.69) is 25.7 Å². The molecule has 2 unspecified atom stereocenters. The van der Waals surface area contributed by atoms with Gasteiger partial charge in [-0.15, -0.1) is 0 Å². The van der Waals surface area contributed by atoms with E-state index in [0.717, 1.165) is 13.0 Å². The third-order valence-corrected chi connectivity index (χ3v) is 4.50. The van der Waals surface area contributed by atoms with E-state index in [-0.39, 0.29) is 11.9 Å². The minimum Gasteiger partial charge on any atom is -0.338 e. The lowest BCUT2D eigenvalue weighted by Gasteiger charge is -2.36. The van der Waals surface area contributed by atoms with E-state index in [4.69, 9.17) is 5.73 Å². The molecule has 2 fully saturated rings. The third kappa shape index (κ3) is 1.65. The van der Waals surface area contributed by atoms with Crippen LogP contribution in [-0.4, -0.2) is 29.4 Å². The Hall–Kier alpha value is -0.570. The molecule has 2 atom stereocenters. The highest BCUT2D eigenvalue weighted by atomic mass is 16.2. The highest BCUT2D eigenvalue weighted by Crippen LogP contribution is 2.58. The molecule has 2 rings (SSSR count). The van der Waals surface area contributed by atoms with Crippen molar-refractivity contribution < 1.29 is 4.79 Å². The molecular formula is C13H24N2O. The Morgan fingerprint density at radius 1 is 1.50 bits per heavy atom. The number of rotatable bonds is 4. The first-order valence-electron chi connectivity index (χ1n) is 6.58. The van der Waals surface area contributed by atoms with Crippen LogP contribution >= 0.6 is 0 Å². The maximum absolute atomic E-state index is 11.9. The minimum atomic E-state index is 0.0592. The van der Waals surface area contributed by atoms with Gasteiger partial charge in [0.15, 0.2) is 0 Å². The molecule has 0 aromatic heterocycles. The van der Waals surface area contributed by atoms with Gasteiger partial charge in [0.05, 0.1) is 6.04 Å².